The Morgan fingerprint density at radius 1 is 1.43 bits per heavy atom. The molecule has 0 bridgehead atoms. The van der Waals surface area contributed by atoms with Crippen LogP contribution in [0.5, 0.6) is 0 Å². The van der Waals surface area contributed by atoms with Gasteiger partial charge in [-0.3, -0.25) is 4.79 Å². The number of nitrogens with one attached hydrogen (secondary N) is 1. The van der Waals surface area contributed by atoms with Gasteiger partial charge in [0.2, 0.25) is 5.91 Å². The average Bonchev–Trinajstić information content (AvgIpc) is 2.15. The Kier molecular flexibility index (Phi) is 6.49. The van der Waals surface area contributed by atoms with Crippen LogP contribution in [0.1, 0.15) is 33.6 Å². The summed E-state index contributed by atoms with van der Waals surface area (Å²) >= 11 is 0. The fourth-order valence-corrected chi connectivity index (χ4v) is 1.19. The molecule has 2 atom stereocenters. The van der Waals surface area contributed by atoms with Crippen molar-refractivity contribution in [2.24, 2.45) is 11.7 Å². The Morgan fingerprint density at radius 3 is 2.29 bits per heavy atom. The fraction of sp³-hybridized carbons (Fsp3) is 0.900. The highest BCUT2D eigenvalue weighted by molar-refractivity contribution is 5.78. The molecule has 0 aromatic rings. The molecular formula is C10H22N2O2. The molecule has 0 aliphatic carbocycles. The largest absolute Gasteiger partial charge is 0.392 e. The third-order valence-electron chi connectivity index (χ3n) is 2.49. The van der Waals surface area contributed by atoms with Gasteiger partial charge in [-0.25, -0.2) is 0 Å². The van der Waals surface area contributed by atoms with E-state index in [0.717, 1.165) is 12.8 Å². The molecule has 1 amide bonds. The van der Waals surface area contributed by atoms with Crippen LogP contribution >= 0.6 is 0 Å². The molecule has 0 radical (unpaired) electrons. The predicted octanol–water partition coefficient (Wildman–Crippen LogP) is 0.247. The SMILES string of the molecule is CCC(CC)C(=O)NCC(N)C(C)O. The highest BCUT2D eigenvalue weighted by atomic mass is 16.3. The smallest absolute Gasteiger partial charge is 0.223 e. The van der Waals surface area contributed by atoms with Gasteiger partial charge in [0.15, 0.2) is 0 Å². The zero-order valence-corrected chi connectivity index (χ0v) is 9.29. The molecule has 2 unspecified atom stereocenters. The molecule has 0 aromatic heterocycles. The van der Waals surface area contributed by atoms with E-state index < -0.39 is 6.10 Å². The molecule has 0 heterocycles. The fourth-order valence-electron chi connectivity index (χ4n) is 1.19. The Hall–Kier alpha value is -0.610. The number of rotatable bonds is 6. The second kappa shape index (κ2) is 6.79. The lowest BCUT2D eigenvalue weighted by molar-refractivity contribution is -0.125. The van der Waals surface area contributed by atoms with Gasteiger partial charge in [0.1, 0.15) is 0 Å². The van der Waals surface area contributed by atoms with Gasteiger partial charge in [0.05, 0.1) is 6.10 Å². The number of hydrogen-bond donors (Lipinski definition) is 3. The van der Waals surface area contributed by atoms with Crippen LogP contribution in [0.25, 0.3) is 0 Å². The molecule has 0 aliphatic heterocycles. The lowest BCUT2D eigenvalue weighted by Gasteiger charge is -2.18. The molecule has 4 heteroatoms. The number of carbonyl (C=O) groups excluding carboxylic acids is 1. The quantitative estimate of drug-likeness (QED) is 0.578. The summed E-state index contributed by atoms with van der Waals surface area (Å²) < 4.78 is 0. The van der Waals surface area contributed by atoms with Crippen molar-refractivity contribution in [3.8, 4) is 0 Å². The summed E-state index contributed by atoms with van der Waals surface area (Å²) in [7, 11) is 0. The molecule has 0 aliphatic rings. The minimum atomic E-state index is -0.586. The first kappa shape index (κ1) is 13.4. The monoisotopic (exact) mass is 202 g/mol. The molecular weight excluding hydrogens is 180 g/mol. The van der Waals surface area contributed by atoms with Gasteiger partial charge in [0, 0.05) is 18.5 Å². The highest BCUT2D eigenvalue weighted by Gasteiger charge is 2.16. The third kappa shape index (κ3) is 4.58. The summed E-state index contributed by atoms with van der Waals surface area (Å²) in [4.78, 5) is 11.5. The van der Waals surface area contributed by atoms with Gasteiger partial charge in [-0.05, 0) is 19.8 Å². The second-order valence-corrected chi connectivity index (χ2v) is 3.66. The van der Waals surface area contributed by atoms with E-state index in [4.69, 9.17) is 10.8 Å². The van der Waals surface area contributed by atoms with Crippen molar-refractivity contribution >= 4 is 5.91 Å². The number of amides is 1. The summed E-state index contributed by atoms with van der Waals surface area (Å²) in [6.45, 7) is 5.94. The van der Waals surface area contributed by atoms with E-state index in [9.17, 15) is 4.79 Å². The van der Waals surface area contributed by atoms with Crippen LogP contribution in [0.4, 0.5) is 0 Å². The van der Waals surface area contributed by atoms with E-state index in [0.29, 0.717) is 6.54 Å². The Labute approximate surface area is 85.9 Å². The average molecular weight is 202 g/mol. The first-order valence-electron chi connectivity index (χ1n) is 5.24. The van der Waals surface area contributed by atoms with E-state index in [1.165, 1.54) is 0 Å². The molecule has 0 saturated heterocycles. The third-order valence-corrected chi connectivity index (χ3v) is 2.49. The molecule has 4 nitrogen and oxygen atoms in total. The van der Waals surface area contributed by atoms with Crippen LogP contribution < -0.4 is 11.1 Å². The van der Waals surface area contributed by atoms with E-state index >= 15 is 0 Å². The molecule has 0 rings (SSSR count). The van der Waals surface area contributed by atoms with Gasteiger partial charge in [-0.2, -0.15) is 0 Å². The highest BCUT2D eigenvalue weighted by Crippen LogP contribution is 2.06. The summed E-state index contributed by atoms with van der Waals surface area (Å²) in [5.41, 5.74) is 5.58. The number of nitrogens with two attached hydrogens (primary N) is 1. The van der Waals surface area contributed by atoms with Gasteiger partial charge in [0.25, 0.3) is 0 Å². The number of carbonyl (C=O) groups is 1. The van der Waals surface area contributed by atoms with Gasteiger partial charge >= 0.3 is 0 Å². The molecule has 84 valence electrons. The van der Waals surface area contributed by atoms with Crippen LogP contribution in [0, 0.1) is 5.92 Å². The van der Waals surface area contributed by atoms with Crippen molar-refractivity contribution in [3.05, 3.63) is 0 Å². The zero-order chi connectivity index (χ0) is 11.1. The normalized spacial score (nSPS) is 15.3. The van der Waals surface area contributed by atoms with Gasteiger partial charge < -0.3 is 16.2 Å². The van der Waals surface area contributed by atoms with E-state index in [2.05, 4.69) is 5.32 Å². The summed E-state index contributed by atoms with van der Waals surface area (Å²) in [5.74, 6) is 0.0994. The molecule has 4 N–H and O–H groups in total. The van der Waals surface area contributed by atoms with E-state index in [1.807, 2.05) is 13.8 Å². The lowest BCUT2D eigenvalue weighted by atomic mass is 10.0. The van der Waals surface area contributed by atoms with Crippen LogP contribution in [0.3, 0.4) is 0 Å². The molecule has 14 heavy (non-hydrogen) atoms. The molecule has 0 fully saturated rings. The topological polar surface area (TPSA) is 75.4 Å². The van der Waals surface area contributed by atoms with Crippen LogP contribution in [-0.2, 0) is 4.79 Å². The van der Waals surface area contributed by atoms with Crippen LogP contribution in [0.2, 0.25) is 0 Å². The maximum Gasteiger partial charge on any atom is 0.223 e. The first-order chi connectivity index (χ1) is 6.52. The Morgan fingerprint density at radius 2 is 1.93 bits per heavy atom. The number of aliphatic hydroxyl groups excluding tert-OH is 1. The summed E-state index contributed by atoms with van der Waals surface area (Å²) in [6, 6.07) is -0.381. The minimum absolute atomic E-state index is 0.0334. The minimum Gasteiger partial charge on any atom is -0.392 e. The number of hydrogen-bond acceptors (Lipinski definition) is 3. The summed E-state index contributed by atoms with van der Waals surface area (Å²) in [6.07, 6.45) is 1.09. The van der Waals surface area contributed by atoms with Crippen molar-refractivity contribution in [2.75, 3.05) is 6.54 Å². The van der Waals surface area contributed by atoms with Gasteiger partial charge in [-0.15, -0.1) is 0 Å². The molecule has 0 aromatic carbocycles. The number of aliphatic hydroxyl groups is 1. The van der Waals surface area contributed by atoms with Crippen molar-refractivity contribution in [1.82, 2.24) is 5.32 Å². The van der Waals surface area contributed by atoms with E-state index in [-0.39, 0.29) is 17.9 Å². The maximum absolute atomic E-state index is 11.5. The Bertz CT molecular complexity index is 168. The van der Waals surface area contributed by atoms with Crippen molar-refractivity contribution in [3.63, 3.8) is 0 Å². The van der Waals surface area contributed by atoms with Crippen molar-refractivity contribution < 1.29 is 9.90 Å². The first-order valence-corrected chi connectivity index (χ1v) is 5.24. The van der Waals surface area contributed by atoms with Crippen molar-refractivity contribution in [1.29, 1.82) is 0 Å². The predicted molar refractivity (Wildman–Crippen MR) is 56.7 cm³/mol. The standard InChI is InChI=1S/C10H22N2O2/c1-4-8(5-2)10(14)12-6-9(11)7(3)13/h7-9,13H,4-6,11H2,1-3H3,(H,12,14). The maximum atomic E-state index is 11.5. The van der Waals surface area contributed by atoms with Crippen LogP contribution in [0.15, 0.2) is 0 Å². The Balaban J connectivity index is 3.83. The van der Waals surface area contributed by atoms with Gasteiger partial charge in [-0.1, -0.05) is 13.8 Å². The lowest BCUT2D eigenvalue weighted by Crippen LogP contribution is -2.45. The van der Waals surface area contributed by atoms with Crippen molar-refractivity contribution in [2.45, 2.75) is 45.8 Å². The molecule has 0 saturated carbocycles. The second-order valence-electron chi connectivity index (χ2n) is 3.66. The van der Waals surface area contributed by atoms with E-state index in [1.54, 1.807) is 6.92 Å². The zero-order valence-electron chi connectivity index (χ0n) is 9.29. The summed E-state index contributed by atoms with van der Waals surface area (Å²) in [5, 5.41) is 11.9. The molecule has 0 spiro atoms. The van der Waals surface area contributed by atoms with Crippen LogP contribution in [-0.4, -0.2) is 29.7 Å².